The Kier molecular flexibility index (Phi) is 7.54. The number of benzene rings is 2. The molecule has 0 radical (unpaired) electrons. The Morgan fingerprint density at radius 3 is 2.69 bits per heavy atom. The summed E-state index contributed by atoms with van der Waals surface area (Å²) in [5.74, 6) is 0.599. The molecule has 0 spiro atoms. The van der Waals surface area contributed by atoms with Crippen molar-refractivity contribution in [2.75, 3.05) is 11.1 Å². The number of nitrogens with zero attached hydrogens (tertiary/aromatic N) is 2. The van der Waals surface area contributed by atoms with E-state index in [0.29, 0.717) is 12.1 Å². The lowest BCUT2D eigenvalue weighted by Crippen LogP contribution is -2.31. The lowest BCUT2D eigenvalue weighted by molar-refractivity contribution is -0.245. The molecule has 1 aliphatic heterocycles. The molecule has 1 amide bonds. The van der Waals surface area contributed by atoms with E-state index < -0.39 is 6.29 Å². The number of aromatic nitrogens is 2. The molecule has 1 saturated heterocycles. The molecule has 9 heteroatoms. The van der Waals surface area contributed by atoms with E-state index in [0.717, 1.165) is 31.8 Å². The molecule has 2 aromatic carbocycles. The predicted octanol–water partition coefficient (Wildman–Crippen LogP) is 4.63. The number of aliphatic hydroxyl groups is 1. The van der Waals surface area contributed by atoms with Gasteiger partial charge in [0.15, 0.2) is 10.6 Å². The van der Waals surface area contributed by atoms with Crippen molar-refractivity contribution in [1.29, 1.82) is 0 Å². The van der Waals surface area contributed by atoms with Crippen LogP contribution in [0.4, 0.5) is 5.69 Å². The second-order valence-corrected chi connectivity index (χ2v) is 10.0. The molecule has 7 nitrogen and oxygen atoms in total. The molecule has 1 aliphatic rings. The molecule has 0 bridgehead atoms. The molecule has 3 aromatic rings. The van der Waals surface area contributed by atoms with E-state index in [1.165, 1.54) is 6.92 Å². The zero-order valence-corrected chi connectivity index (χ0v) is 19.5. The first-order valence-electron chi connectivity index (χ1n) is 10.3. The lowest BCUT2D eigenvalue weighted by Gasteiger charge is -2.36. The van der Waals surface area contributed by atoms with Gasteiger partial charge in [-0.15, -0.1) is 10.2 Å². The van der Waals surface area contributed by atoms with Crippen LogP contribution in [0, 0.1) is 6.92 Å². The number of nitrogens with one attached hydrogen (secondary N) is 1. The van der Waals surface area contributed by atoms with E-state index in [2.05, 4.69) is 15.5 Å². The maximum absolute atomic E-state index is 11.5. The third-order valence-electron chi connectivity index (χ3n) is 4.99. The summed E-state index contributed by atoms with van der Waals surface area (Å²) in [6.45, 7) is 3.43. The van der Waals surface area contributed by atoms with Crippen molar-refractivity contribution in [3.63, 3.8) is 0 Å². The third-order valence-corrected chi connectivity index (χ3v) is 7.10. The minimum absolute atomic E-state index is 0.00795. The van der Waals surface area contributed by atoms with Gasteiger partial charge in [-0.25, -0.2) is 0 Å². The maximum Gasteiger partial charge on any atom is 0.221 e. The van der Waals surface area contributed by atoms with E-state index in [1.807, 2.05) is 55.5 Å². The van der Waals surface area contributed by atoms with Gasteiger partial charge in [0, 0.05) is 30.3 Å². The van der Waals surface area contributed by atoms with Gasteiger partial charge in [-0.05, 0) is 30.2 Å². The number of amides is 1. The Balaban J connectivity index is 1.54. The van der Waals surface area contributed by atoms with Crippen molar-refractivity contribution in [3.8, 4) is 0 Å². The Labute approximate surface area is 195 Å². The summed E-state index contributed by atoms with van der Waals surface area (Å²) < 4.78 is 13.6. The monoisotopic (exact) mass is 471 g/mol. The summed E-state index contributed by atoms with van der Waals surface area (Å²) in [6.07, 6.45) is -0.0881. The van der Waals surface area contributed by atoms with Crippen molar-refractivity contribution in [3.05, 3.63) is 70.2 Å². The molecular formula is C23H25N3O4S2. The van der Waals surface area contributed by atoms with Crippen LogP contribution in [-0.4, -0.2) is 33.1 Å². The van der Waals surface area contributed by atoms with E-state index in [-0.39, 0.29) is 24.7 Å². The van der Waals surface area contributed by atoms with Crippen LogP contribution in [0.3, 0.4) is 0 Å². The minimum Gasteiger partial charge on any atom is -0.392 e. The quantitative estimate of drug-likeness (QED) is 0.485. The Hall–Kier alpha value is -2.30. The predicted molar refractivity (Wildman–Crippen MR) is 125 cm³/mol. The zero-order chi connectivity index (χ0) is 22.5. The van der Waals surface area contributed by atoms with Gasteiger partial charge in [0.25, 0.3) is 0 Å². The first-order chi connectivity index (χ1) is 15.5. The summed E-state index contributed by atoms with van der Waals surface area (Å²) in [7, 11) is 0. The lowest BCUT2D eigenvalue weighted by atomic mass is 10.0. The minimum atomic E-state index is -0.568. The first-order valence-corrected chi connectivity index (χ1v) is 12.1. The van der Waals surface area contributed by atoms with Crippen molar-refractivity contribution < 1.29 is 19.4 Å². The Bertz CT molecular complexity index is 1060. The van der Waals surface area contributed by atoms with Crippen LogP contribution in [0.1, 0.15) is 47.4 Å². The van der Waals surface area contributed by atoms with Gasteiger partial charge in [0.2, 0.25) is 5.91 Å². The van der Waals surface area contributed by atoms with Crippen molar-refractivity contribution in [2.24, 2.45) is 0 Å². The van der Waals surface area contributed by atoms with Crippen molar-refractivity contribution in [2.45, 2.75) is 49.7 Å². The van der Waals surface area contributed by atoms with Gasteiger partial charge in [-0.3, -0.25) is 4.79 Å². The molecule has 2 N–H and O–H groups in total. The number of aryl methyl sites for hydroxylation is 1. The van der Waals surface area contributed by atoms with Gasteiger partial charge in [0.05, 0.1) is 18.8 Å². The van der Waals surface area contributed by atoms with Crippen LogP contribution in [-0.2, 0) is 20.9 Å². The van der Waals surface area contributed by atoms with E-state index >= 15 is 0 Å². The molecule has 0 aliphatic carbocycles. The summed E-state index contributed by atoms with van der Waals surface area (Å²) in [4.78, 5) is 11.5. The second-order valence-electron chi connectivity index (χ2n) is 7.55. The van der Waals surface area contributed by atoms with Crippen LogP contribution in [0.5, 0.6) is 0 Å². The highest BCUT2D eigenvalue weighted by atomic mass is 32.2. The van der Waals surface area contributed by atoms with Crippen molar-refractivity contribution in [1.82, 2.24) is 10.2 Å². The average Bonchev–Trinajstić information content (AvgIpc) is 3.22. The highest BCUT2D eigenvalue weighted by Gasteiger charge is 2.32. The molecule has 1 aromatic heterocycles. The summed E-state index contributed by atoms with van der Waals surface area (Å²) in [6, 6.07) is 15.3. The molecule has 0 saturated carbocycles. The van der Waals surface area contributed by atoms with E-state index in [1.54, 1.807) is 23.1 Å². The van der Waals surface area contributed by atoms with Crippen LogP contribution in [0.25, 0.3) is 0 Å². The van der Waals surface area contributed by atoms with Crippen LogP contribution >= 0.6 is 23.1 Å². The summed E-state index contributed by atoms with van der Waals surface area (Å²) >= 11 is 3.21. The van der Waals surface area contributed by atoms with Gasteiger partial charge in [0.1, 0.15) is 5.01 Å². The summed E-state index contributed by atoms with van der Waals surface area (Å²) in [5.41, 5.74) is 3.44. The largest absolute Gasteiger partial charge is 0.392 e. The third kappa shape index (κ3) is 5.93. The Morgan fingerprint density at radius 1 is 1.19 bits per heavy atom. The standard InChI is InChI=1S/C23H25N3O4S2/c1-14(28)24-19-5-3-4-18(10-19)22-29-20(13-31-23-26-25-15(2)32-23)11-21(30-22)17-8-6-16(12-27)7-9-17/h3-10,20-22,27H,11-13H2,1-2H3,(H,24,28)/t20-,21+,22+/m1/s1. The van der Waals surface area contributed by atoms with E-state index in [4.69, 9.17) is 9.47 Å². The maximum atomic E-state index is 11.5. The van der Waals surface area contributed by atoms with Crippen molar-refractivity contribution >= 4 is 34.7 Å². The number of hydrogen-bond donors (Lipinski definition) is 2. The molecule has 168 valence electrons. The molecule has 0 unspecified atom stereocenters. The second kappa shape index (κ2) is 10.5. The number of rotatable bonds is 7. The molecule has 2 heterocycles. The summed E-state index contributed by atoms with van der Waals surface area (Å²) in [5, 5.41) is 21.4. The first kappa shape index (κ1) is 22.9. The molecular weight excluding hydrogens is 446 g/mol. The molecule has 1 fully saturated rings. The number of anilines is 1. The van der Waals surface area contributed by atoms with E-state index in [9.17, 15) is 9.90 Å². The number of hydrogen-bond acceptors (Lipinski definition) is 8. The fourth-order valence-electron chi connectivity index (χ4n) is 3.49. The topological polar surface area (TPSA) is 93.6 Å². The molecule has 3 atom stereocenters. The normalized spacial score (nSPS) is 20.8. The number of ether oxygens (including phenoxy) is 2. The van der Waals surface area contributed by atoms with Gasteiger partial charge in [-0.2, -0.15) is 0 Å². The fraction of sp³-hybridized carbons (Fsp3) is 0.348. The average molecular weight is 472 g/mol. The Morgan fingerprint density at radius 2 is 2.00 bits per heavy atom. The zero-order valence-electron chi connectivity index (χ0n) is 17.9. The van der Waals surface area contributed by atoms with Gasteiger partial charge in [-0.1, -0.05) is 59.5 Å². The van der Waals surface area contributed by atoms with Gasteiger partial charge < -0.3 is 19.9 Å². The van der Waals surface area contributed by atoms with Crippen LogP contribution in [0.15, 0.2) is 52.9 Å². The van der Waals surface area contributed by atoms with Gasteiger partial charge >= 0.3 is 0 Å². The smallest absolute Gasteiger partial charge is 0.221 e. The number of carbonyl (C=O) groups is 1. The number of carbonyl (C=O) groups excluding carboxylic acids is 1. The van der Waals surface area contributed by atoms with Crippen LogP contribution in [0.2, 0.25) is 0 Å². The molecule has 4 rings (SSSR count). The highest BCUT2D eigenvalue weighted by Crippen LogP contribution is 2.40. The number of aliphatic hydroxyl groups excluding tert-OH is 1. The number of thioether (sulfide) groups is 1. The fourth-order valence-corrected chi connectivity index (χ4v) is 5.35. The molecule has 32 heavy (non-hydrogen) atoms. The highest BCUT2D eigenvalue weighted by molar-refractivity contribution is 8.01. The van der Waals surface area contributed by atoms with Crippen LogP contribution < -0.4 is 5.32 Å². The SMILES string of the molecule is CC(=O)Nc1cccc([C@H]2O[C@@H](CSc3nnc(C)s3)C[C@@H](c3ccc(CO)cc3)O2)c1.